The molecule has 0 aliphatic rings. The first-order valence-corrected chi connectivity index (χ1v) is 8.33. The number of nitrogen functional groups attached to an aromatic ring is 1. The van der Waals surface area contributed by atoms with Gasteiger partial charge in [0.1, 0.15) is 0 Å². The average Bonchev–Trinajstić information content (AvgIpc) is 2.93. The van der Waals surface area contributed by atoms with Crippen LogP contribution in [0, 0.1) is 6.92 Å². The van der Waals surface area contributed by atoms with E-state index in [1.807, 2.05) is 12.1 Å². The van der Waals surface area contributed by atoms with Crippen molar-refractivity contribution in [2.75, 3.05) is 5.73 Å². The summed E-state index contributed by atoms with van der Waals surface area (Å²) in [7, 11) is 0. The Hall–Kier alpha value is -1.11. The molecule has 0 atom stereocenters. The van der Waals surface area contributed by atoms with E-state index in [1.165, 1.54) is 5.56 Å². The van der Waals surface area contributed by atoms with Crippen molar-refractivity contribution in [2.24, 2.45) is 0 Å². The van der Waals surface area contributed by atoms with Gasteiger partial charge in [0.25, 0.3) is 0 Å². The summed E-state index contributed by atoms with van der Waals surface area (Å²) in [5, 5.41) is 7.23. The quantitative estimate of drug-likeness (QED) is 0.606. The molecule has 102 valence electrons. The van der Waals surface area contributed by atoms with E-state index in [0.717, 1.165) is 30.0 Å². The Morgan fingerprint density at radius 3 is 2.60 bits per heavy atom. The van der Waals surface area contributed by atoms with E-state index in [0.29, 0.717) is 5.82 Å². The Morgan fingerprint density at radius 1 is 1.20 bits per heavy atom. The van der Waals surface area contributed by atoms with E-state index in [2.05, 4.69) is 67.2 Å². The topological polar surface area (TPSA) is 54.7 Å². The van der Waals surface area contributed by atoms with Gasteiger partial charge in [0.15, 0.2) is 5.82 Å². The highest BCUT2D eigenvalue weighted by Crippen LogP contribution is 2.43. The van der Waals surface area contributed by atoms with Gasteiger partial charge in [0, 0.05) is 5.56 Å². The van der Waals surface area contributed by atoms with Crippen molar-refractivity contribution in [1.82, 2.24) is 10.2 Å². The molecule has 20 heavy (non-hydrogen) atoms. The van der Waals surface area contributed by atoms with E-state index in [1.54, 1.807) is 11.3 Å². The molecule has 6 heteroatoms. The fourth-order valence-electron chi connectivity index (χ4n) is 2.19. The van der Waals surface area contributed by atoms with Crippen LogP contribution in [-0.2, 0) is 0 Å². The summed E-state index contributed by atoms with van der Waals surface area (Å²) in [6.45, 7) is 2.07. The number of anilines is 1. The third-order valence-corrected chi connectivity index (χ3v) is 5.47. The summed E-state index contributed by atoms with van der Waals surface area (Å²) in [4.78, 5) is 0. The van der Waals surface area contributed by atoms with Crippen molar-refractivity contribution in [3.05, 3.63) is 43.5 Å². The number of hydrogen-bond acceptors (Lipinski definition) is 3. The lowest BCUT2D eigenvalue weighted by Gasteiger charge is -2.07. The number of rotatable bonds is 2. The molecule has 0 bridgehead atoms. The van der Waals surface area contributed by atoms with Crippen LogP contribution in [0.15, 0.2) is 37.9 Å². The molecular formula is C14H11Br2N3S. The molecule has 0 aliphatic carbocycles. The van der Waals surface area contributed by atoms with Gasteiger partial charge in [-0.05, 0) is 56.0 Å². The Bertz CT molecular complexity index is 777. The fraction of sp³-hybridized carbons (Fsp3) is 0.0714. The van der Waals surface area contributed by atoms with Crippen LogP contribution in [0.4, 0.5) is 5.82 Å². The van der Waals surface area contributed by atoms with Crippen molar-refractivity contribution in [3.8, 4) is 22.4 Å². The molecule has 3 aromatic rings. The van der Waals surface area contributed by atoms with Gasteiger partial charge in [-0.15, -0.1) is 11.3 Å². The van der Waals surface area contributed by atoms with Crippen LogP contribution >= 0.6 is 43.2 Å². The molecule has 0 saturated heterocycles. The SMILES string of the molecule is Cc1ccccc1-c1c(N)n[nH]c1-c1cc(Br)sc1Br. The number of nitrogens with two attached hydrogens (primary N) is 1. The summed E-state index contributed by atoms with van der Waals surface area (Å²) >= 11 is 8.72. The zero-order valence-corrected chi connectivity index (χ0v) is 14.6. The first-order chi connectivity index (χ1) is 9.58. The molecule has 0 radical (unpaired) electrons. The second-order valence-electron chi connectivity index (χ2n) is 4.41. The van der Waals surface area contributed by atoms with Crippen LogP contribution < -0.4 is 5.73 Å². The molecule has 2 aromatic heterocycles. The van der Waals surface area contributed by atoms with E-state index >= 15 is 0 Å². The number of benzene rings is 1. The predicted octanol–water partition coefficient (Wildman–Crippen LogP) is 5.22. The zero-order valence-electron chi connectivity index (χ0n) is 10.6. The zero-order chi connectivity index (χ0) is 14.3. The van der Waals surface area contributed by atoms with Gasteiger partial charge < -0.3 is 5.73 Å². The number of aromatic amines is 1. The van der Waals surface area contributed by atoms with E-state index in [4.69, 9.17) is 5.73 Å². The Kier molecular flexibility index (Phi) is 3.70. The maximum Gasteiger partial charge on any atom is 0.153 e. The van der Waals surface area contributed by atoms with Crippen LogP contribution in [0.5, 0.6) is 0 Å². The molecule has 2 heterocycles. The molecule has 0 amide bonds. The molecule has 0 unspecified atom stereocenters. The highest BCUT2D eigenvalue weighted by Gasteiger charge is 2.19. The summed E-state index contributed by atoms with van der Waals surface area (Å²) in [6, 6.07) is 10.2. The molecule has 3 rings (SSSR count). The Labute approximate surface area is 137 Å². The monoisotopic (exact) mass is 411 g/mol. The third-order valence-electron chi connectivity index (χ3n) is 3.13. The number of aryl methyl sites for hydroxylation is 1. The standard InChI is InChI=1S/C14H11Br2N3S/c1-7-4-2-3-5-8(7)11-12(18-19-14(11)17)9-6-10(15)20-13(9)16/h2-6H,1H3,(H3,17,18,19). The highest BCUT2D eigenvalue weighted by atomic mass is 79.9. The second kappa shape index (κ2) is 5.35. The predicted molar refractivity (Wildman–Crippen MR) is 91.9 cm³/mol. The molecule has 1 aromatic carbocycles. The lowest BCUT2D eigenvalue weighted by atomic mass is 9.98. The number of nitrogens with zero attached hydrogens (tertiary/aromatic N) is 1. The van der Waals surface area contributed by atoms with E-state index in [9.17, 15) is 0 Å². The summed E-state index contributed by atoms with van der Waals surface area (Å²) in [6.07, 6.45) is 0. The average molecular weight is 413 g/mol. The summed E-state index contributed by atoms with van der Waals surface area (Å²) in [5.41, 5.74) is 11.3. The lowest BCUT2D eigenvalue weighted by molar-refractivity contribution is 1.10. The molecular weight excluding hydrogens is 402 g/mol. The molecule has 0 saturated carbocycles. The molecule has 0 fully saturated rings. The fourth-order valence-corrected chi connectivity index (χ4v) is 5.01. The van der Waals surface area contributed by atoms with Gasteiger partial charge in [0.05, 0.1) is 18.8 Å². The first kappa shape index (κ1) is 13.9. The normalized spacial score (nSPS) is 10.9. The number of hydrogen-bond donors (Lipinski definition) is 2. The van der Waals surface area contributed by atoms with E-state index in [-0.39, 0.29) is 0 Å². The summed E-state index contributed by atoms with van der Waals surface area (Å²) in [5.74, 6) is 0.517. The number of nitrogens with one attached hydrogen (secondary N) is 1. The van der Waals surface area contributed by atoms with Crippen molar-refractivity contribution >= 4 is 49.0 Å². The maximum atomic E-state index is 6.07. The molecule has 0 aliphatic heterocycles. The minimum absolute atomic E-state index is 0.517. The number of halogens is 2. The Balaban J connectivity index is 2.26. The van der Waals surface area contributed by atoms with Gasteiger partial charge >= 0.3 is 0 Å². The van der Waals surface area contributed by atoms with Crippen LogP contribution in [0.1, 0.15) is 5.56 Å². The number of thiophene rings is 1. The minimum atomic E-state index is 0.517. The maximum absolute atomic E-state index is 6.07. The van der Waals surface area contributed by atoms with Crippen molar-refractivity contribution in [2.45, 2.75) is 6.92 Å². The van der Waals surface area contributed by atoms with Crippen LogP contribution in [0.25, 0.3) is 22.4 Å². The molecule has 3 nitrogen and oxygen atoms in total. The van der Waals surface area contributed by atoms with Gasteiger partial charge in [0.2, 0.25) is 0 Å². The van der Waals surface area contributed by atoms with Crippen LogP contribution in [0.3, 0.4) is 0 Å². The van der Waals surface area contributed by atoms with Gasteiger partial charge in [-0.25, -0.2) is 0 Å². The van der Waals surface area contributed by atoms with Crippen molar-refractivity contribution in [1.29, 1.82) is 0 Å². The van der Waals surface area contributed by atoms with Crippen LogP contribution in [0.2, 0.25) is 0 Å². The molecule has 0 spiro atoms. The smallest absolute Gasteiger partial charge is 0.153 e. The lowest BCUT2D eigenvalue weighted by Crippen LogP contribution is -1.90. The number of H-pyrrole nitrogens is 1. The molecule has 3 N–H and O–H groups in total. The van der Waals surface area contributed by atoms with Crippen molar-refractivity contribution < 1.29 is 0 Å². The van der Waals surface area contributed by atoms with Crippen LogP contribution in [-0.4, -0.2) is 10.2 Å². The highest BCUT2D eigenvalue weighted by molar-refractivity contribution is 9.12. The number of aromatic nitrogens is 2. The third kappa shape index (κ3) is 2.32. The van der Waals surface area contributed by atoms with Gasteiger partial charge in [-0.1, -0.05) is 24.3 Å². The summed E-state index contributed by atoms with van der Waals surface area (Å²) < 4.78 is 2.10. The minimum Gasteiger partial charge on any atom is -0.382 e. The van der Waals surface area contributed by atoms with Crippen molar-refractivity contribution in [3.63, 3.8) is 0 Å². The van der Waals surface area contributed by atoms with Gasteiger partial charge in [-0.2, -0.15) is 5.10 Å². The second-order valence-corrected chi connectivity index (χ2v) is 8.16. The van der Waals surface area contributed by atoms with Gasteiger partial charge in [-0.3, -0.25) is 5.10 Å². The Morgan fingerprint density at radius 2 is 1.95 bits per heavy atom. The first-order valence-electron chi connectivity index (χ1n) is 5.93. The van der Waals surface area contributed by atoms with E-state index < -0.39 is 0 Å². The largest absolute Gasteiger partial charge is 0.382 e.